The number of carbonyl (C=O) groups excluding carboxylic acids is 2. The van der Waals surface area contributed by atoms with Crippen LogP contribution >= 0.6 is 0 Å². The molecule has 0 radical (unpaired) electrons. The molecule has 9 heteroatoms. The molecule has 0 N–H and O–H groups in total. The lowest BCUT2D eigenvalue weighted by Crippen LogP contribution is -2.51. The highest BCUT2D eigenvalue weighted by molar-refractivity contribution is 6.21. The molecule has 7 rings (SSSR count). The second kappa shape index (κ2) is 11.2. The number of hydrogen-bond acceptors (Lipinski definition) is 7. The Kier molecular flexibility index (Phi) is 7.20. The van der Waals surface area contributed by atoms with E-state index in [0.717, 1.165) is 22.4 Å². The molecule has 2 bridgehead atoms. The summed E-state index contributed by atoms with van der Waals surface area (Å²) in [4.78, 5) is 41.2. The maximum absolute atomic E-state index is 14.2. The number of fused-ring (bicyclic) bond motifs is 7. The first kappa shape index (κ1) is 28.9. The summed E-state index contributed by atoms with van der Waals surface area (Å²) in [6.45, 7) is 2.64. The van der Waals surface area contributed by atoms with Gasteiger partial charge in [0.05, 0.1) is 37.5 Å². The van der Waals surface area contributed by atoms with E-state index in [4.69, 9.17) is 18.9 Å². The number of benzene rings is 3. The molecule has 0 fully saturated rings. The van der Waals surface area contributed by atoms with Crippen LogP contribution in [-0.2, 0) is 17.7 Å². The van der Waals surface area contributed by atoms with E-state index in [9.17, 15) is 14.4 Å². The van der Waals surface area contributed by atoms with E-state index in [-0.39, 0.29) is 17.4 Å². The monoisotopic (exact) mass is 606 g/mol. The zero-order chi connectivity index (χ0) is 31.3. The quantitative estimate of drug-likeness (QED) is 0.185. The second-order valence-corrected chi connectivity index (χ2v) is 11.8. The number of methoxy groups -OCH3 is 2. The summed E-state index contributed by atoms with van der Waals surface area (Å²) >= 11 is 0. The Labute approximate surface area is 260 Å². The van der Waals surface area contributed by atoms with Crippen LogP contribution in [0.2, 0.25) is 0 Å². The summed E-state index contributed by atoms with van der Waals surface area (Å²) < 4.78 is 26.4. The summed E-state index contributed by atoms with van der Waals surface area (Å²) in [5.41, 5.74) is 4.77. The highest BCUT2D eigenvalue weighted by atomic mass is 16.7. The van der Waals surface area contributed by atoms with Gasteiger partial charge in [0.2, 0.25) is 5.79 Å². The number of unbranched alkanes of at least 4 members (excludes halogenated alkanes) is 1. The molecule has 9 nitrogen and oxygen atoms in total. The van der Waals surface area contributed by atoms with Crippen molar-refractivity contribution in [3.63, 3.8) is 0 Å². The van der Waals surface area contributed by atoms with Gasteiger partial charge in [-0.3, -0.25) is 19.3 Å². The number of ether oxygens (including phenoxy) is 4. The Balaban J connectivity index is 1.20. The lowest BCUT2D eigenvalue weighted by molar-refractivity contribution is -0.233. The third-order valence-corrected chi connectivity index (χ3v) is 9.04. The third-order valence-electron chi connectivity index (χ3n) is 9.04. The van der Waals surface area contributed by atoms with Gasteiger partial charge >= 0.3 is 0 Å². The fraction of sp³-hybridized carbons (Fsp3) is 0.306. The van der Waals surface area contributed by atoms with Gasteiger partial charge in [-0.05, 0) is 60.7 Å². The molecule has 0 saturated carbocycles. The van der Waals surface area contributed by atoms with Gasteiger partial charge in [-0.2, -0.15) is 0 Å². The molecule has 0 unspecified atom stereocenters. The van der Waals surface area contributed by atoms with Crippen LogP contribution in [0.5, 0.6) is 17.2 Å². The minimum absolute atomic E-state index is 0.166. The highest BCUT2D eigenvalue weighted by Crippen LogP contribution is 2.51. The number of carbonyl (C=O) groups is 2. The first-order valence-electron chi connectivity index (χ1n) is 15.2. The van der Waals surface area contributed by atoms with Crippen LogP contribution < -0.4 is 19.8 Å². The molecule has 45 heavy (non-hydrogen) atoms. The van der Waals surface area contributed by atoms with Crippen molar-refractivity contribution in [2.24, 2.45) is 0 Å². The summed E-state index contributed by atoms with van der Waals surface area (Å²) in [5.74, 6) is 0.0849. The molecular formula is C36H34N2O7. The summed E-state index contributed by atoms with van der Waals surface area (Å²) in [7, 11) is 3.18. The SMILES string of the molecule is COc1cc2c(cc1OC)[C@@H]1O[C@](CCCCN3C(=O)c4ccccc4C3=O)(C2)Oc2cc(C)n(Cc3ccccc3)c(=O)c21. The Bertz CT molecular complexity index is 1850. The van der Waals surface area contributed by atoms with E-state index in [2.05, 4.69) is 0 Å². The van der Waals surface area contributed by atoms with Gasteiger partial charge in [-0.25, -0.2) is 0 Å². The number of aromatic nitrogens is 1. The van der Waals surface area contributed by atoms with Crippen LogP contribution in [0.1, 0.15) is 74.0 Å². The van der Waals surface area contributed by atoms with Gasteiger partial charge < -0.3 is 23.5 Å². The van der Waals surface area contributed by atoms with Gasteiger partial charge in [0.25, 0.3) is 17.4 Å². The van der Waals surface area contributed by atoms with E-state index in [0.29, 0.717) is 72.7 Å². The molecule has 0 aliphatic carbocycles. The van der Waals surface area contributed by atoms with Gasteiger partial charge in [0, 0.05) is 31.1 Å². The zero-order valence-corrected chi connectivity index (χ0v) is 25.5. The zero-order valence-electron chi connectivity index (χ0n) is 25.5. The van der Waals surface area contributed by atoms with E-state index < -0.39 is 11.9 Å². The maximum atomic E-state index is 14.2. The van der Waals surface area contributed by atoms with Gasteiger partial charge in [0.15, 0.2) is 11.5 Å². The normalized spacial score (nSPS) is 19.4. The molecule has 2 amide bonds. The average Bonchev–Trinajstić information content (AvgIpc) is 3.29. The predicted octanol–water partition coefficient (Wildman–Crippen LogP) is 5.44. The predicted molar refractivity (Wildman–Crippen MR) is 166 cm³/mol. The van der Waals surface area contributed by atoms with Crippen molar-refractivity contribution in [3.05, 3.63) is 122 Å². The van der Waals surface area contributed by atoms with Crippen LogP contribution in [0.4, 0.5) is 0 Å². The lowest BCUT2D eigenvalue weighted by Gasteiger charge is -2.46. The smallest absolute Gasteiger partial charge is 0.261 e. The molecule has 3 aliphatic rings. The summed E-state index contributed by atoms with van der Waals surface area (Å²) in [5, 5.41) is 0. The fourth-order valence-corrected chi connectivity index (χ4v) is 6.77. The van der Waals surface area contributed by atoms with Gasteiger partial charge in [0.1, 0.15) is 11.9 Å². The molecular weight excluding hydrogens is 572 g/mol. The first-order valence-corrected chi connectivity index (χ1v) is 15.2. The molecule has 4 heterocycles. The largest absolute Gasteiger partial charge is 0.493 e. The molecule has 1 aromatic heterocycles. The second-order valence-electron chi connectivity index (χ2n) is 11.8. The molecule has 3 aliphatic heterocycles. The Morgan fingerprint density at radius 3 is 2.22 bits per heavy atom. The topological polar surface area (TPSA) is 96.3 Å². The maximum Gasteiger partial charge on any atom is 0.261 e. The van der Waals surface area contributed by atoms with Crippen molar-refractivity contribution < 1.29 is 28.5 Å². The minimum atomic E-state index is -1.04. The first-order chi connectivity index (χ1) is 21.8. The standard InChI is InChI=1S/C36H34N2O7/c1-22-17-30-31(35(41)38(22)21-23-11-5-4-6-12-23)32-27-19-29(43-3)28(42-2)18-24(27)20-36(44-30,45-32)15-9-10-16-37-33(39)25-13-7-8-14-26(25)34(37)40/h4-8,11-14,17-19,32H,9-10,15-16,20-21H2,1-3H3/t32-,36+/m0/s1. The van der Waals surface area contributed by atoms with Crippen LogP contribution in [-0.4, -0.2) is 47.8 Å². The van der Waals surface area contributed by atoms with E-state index >= 15 is 0 Å². The Hall–Kier alpha value is -4.89. The molecule has 230 valence electrons. The fourth-order valence-electron chi connectivity index (χ4n) is 6.77. The molecule has 0 saturated heterocycles. The molecule has 2 atom stereocenters. The summed E-state index contributed by atoms with van der Waals surface area (Å²) in [6.07, 6.45) is 1.45. The number of rotatable bonds is 9. The van der Waals surface area contributed by atoms with Crippen molar-refractivity contribution >= 4 is 11.8 Å². The third kappa shape index (κ3) is 4.88. The summed E-state index contributed by atoms with van der Waals surface area (Å²) in [6, 6.07) is 22.5. The number of pyridine rings is 1. The van der Waals surface area contributed by atoms with Crippen molar-refractivity contribution in [1.29, 1.82) is 0 Å². The van der Waals surface area contributed by atoms with E-state index in [1.807, 2.05) is 55.5 Å². The molecule has 0 spiro atoms. The van der Waals surface area contributed by atoms with Crippen molar-refractivity contribution in [3.8, 4) is 17.2 Å². The number of nitrogens with zero attached hydrogens (tertiary/aromatic N) is 2. The van der Waals surface area contributed by atoms with Crippen molar-refractivity contribution in [2.75, 3.05) is 20.8 Å². The highest BCUT2D eigenvalue weighted by Gasteiger charge is 2.49. The molecule has 3 aromatic carbocycles. The number of imide groups is 1. The lowest BCUT2D eigenvalue weighted by atomic mass is 9.85. The van der Waals surface area contributed by atoms with Crippen LogP contribution in [0, 0.1) is 6.92 Å². The number of amides is 2. The average molecular weight is 607 g/mol. The Morgan fingerprint density at radius 2 is 1.53 bits per heavy atom. The van der Waals surface area contributed by atoms with Gasteiger partial charge in [-0.1, -0.05) is 42.5 Å². The van der Waals surface area contributed by atoms with E-state index in [1.54, 1.807) is 43.1 Å². The van der Waals surface area contributed by atoms with Gasteiger partial charge in [-0.15, -0.1) is 0 Å². The Morgan fingerprint density at radius 1 is 0.867 bits per heavy atom. The van der Waals surface area contributed by atoms with Crippen LogP contribution in [0.3, 0.4) is 0 Å². The van der Waals surface area contributed by atoms with Crippen molar-refractivity contribution in [1.82, 2.24) is 9.47 Å². The van der Waals surface area contributed by atoms with E-state index in [1.165, 1.54) is 4.90 Å². The number of aryl methyl sites for hydroxylation is 1. The van der Waals surface area contributed by atoms with Crippen LogP contribution in [0.25, 0.3) is 0 Å². The van der Waals surface area contributed by atoms with Crippen LogP contribution in [0.15, 0.2) is 77.6 Å². The minimum Gasteiger partial charge on any atom is -0.493 e. The number of hydrogen-bond donors (Lipinski definition) is 0. The van der Waals surface area contributed by atoms with Crippen molar-refractivity contribution in [2.45, 2.75) is 51.0 Å². The molecule has 4 aromatic rings.